The molecule has 0 aliphatic carbocycles. The lowest BCUT2D eigenvalue weighted by Gasteiger charge is -2.18. The van der Waals surface area contributed by atoms with E-state index in [1.54, 1.807) is 49.3 Å². The number of hydrogen-bond donors (Lipinski definition) is 1. The summed E-state index contributed by atoms with van der Waals surface area (Å²) in [6, 6.07) is 12.3. The first-order valence-electron chi connectivity index (χ1n) is 7.39. The standard InChI is InChI=1S/C18H18Cl2N2O2/c1-21-18(24)13-5-3-12(4-6-13)11-22(2)17(23)9-14-7-8-15(19)10-16(14)20/h3-8,10H,9,11H2,1-2H3,(H,21,24). The molecular weight excluding hydrogens is 347 g/mol. The Hall–Kier alpha value is -2.04. The summed E-state index contributed by atoms with van der Waals surface area (Å²) in [7, 11) is 3.32. The van der Waals surface area contributed by atoms with Crippen molar-refractivity contribution in [2.45, 2.75) is 13.0 Å². The summed E-state index contributed by atoms with van der Waals surface area (Å²) in [5.74, 6) is -0.182. The lowest BCUT2D eigenvalue weighted by molar-refractivity contribution is -0.129. The highest BCUT2D eigenvalue weighted by Gasteiger charge is 2.13. The first-order valence-corrected chi connectivity index (χ1v) is 8.15. The van der Waals surface area contributed by atoms with E-state index in [2.05, 4.69) is 5.32 Å². The average molecular weight is 365 g/mol. The van der Waals surface area contributed by atoms with Gasteiger partial charge in [-0.05, 0) is 35.4 Å². The molecule has 0 saturated heterocycles. The van der Waals surface area contributed by atoms with Crippen LogP contribution in [0.25, 0.3) is 0 Å². The maximum Gasteiger partial charge on any atom is 0.251 e. The molecule has 0 atom stereocenters. The number of carbonyl (C=O) groups is 2. The zero-order chi connectivity index (χ0) is 17.7. The zero-order valence-corrected chi connectivity index (χ0v) is 15.0. The number of halogens is 2. The van der Waals surface area contributed by atoms with E-state index in [-0.39, 0.29) is 18.2 Å². The number of hydrogen-bond acceptors (Lipinski definition) is 2. The molecule has 0 unspecified atom stereocenters. The second kappa shape index (κ2) is 8.18. The van der Waals surface area contributed by atoms with Crippen molar-refractivity contribution in [2.75, 3.05) is 14.1 Å². The first kappa shape index (κ1) is 18.3. The lowest BCUT2D eigenvalue weighted by atomic mass is 10.1. The molecule has 0 bridgehead atoms. The molecule has 0 fully saturated rings. The Kier molecular flexibility index (Phi) is 6.23. The van der Waals surface area contributed by atoms with Crippen LogP contribution in [0, 0.1) is 0 Å². The summed E-state index contributed by atoms with van der Waals surface area (Å²) < 4.78 is 0. The Bertz CT molecular complexity index is 745. The Morgan fingerprint density at radius 2 is 1.75 bits per heavy atom. The second-order valence-corrected chi connectivity index (χ2v) is 6.28. The monoisotopic (exact) mass is 364 g/mol. The molecule has 0 heterocycles. The van der Waals surface area contributed by atoms with Crippen molar-refractivity contribution < 1.29 is 9.59 Å². The van der Waals surface area contributed by atoms with Gasteiger partial charge in [0.1, 0.15) is 0 Å². The molecule has 2 aromatic rings. The third kappa shape index (κ3) is 4.73. The fourth-order valence-electron chi connectivity index (χ4n) is 2.23. The summed E-state index contributed by atoms with van der Waals surface area (Å²) in [5.41, 5.74) is 2.27. The maximum absolute atomic E-state index is 12.3. The number of likely N-dealkylation sites (N-methyl/N-ethyl adjacent to an activating group) is 1. The Balaban J connectivity index is 1.99. The molecule has 24 heavy (non-hydrogen) atoms. The van der Waals surface area contributed by atoms with Gasteiger partial charge in [-0.1, -0.05) is 41.4 Å². The van der Waals surface area contributed by atoms with Crippen molar-refractivity contribution >= 4 is 35.0 Å². The number of rotatable bonds is 5. The van der Waals surface area contributed by atoms with Gasteiger partial charge in [0, 0.05) is 36.2 Å². The molecule has 0 radical (unpaired) electrons. The molecule has 126 valence electrons. The quantitative estimate of drug-likeness (QED) is 0.881. The minimum Gasteiger partial charge on any atom is -0.355 e. The molecule has 0 aliphatic rings. The van der Waals surface area contributed by atoms with Gasteiger partial charge >= 0.3 is 0 Å². The fraction of sp³-hybridized carbons (Fsp3) is 0.222. The van der Waals surface area contributed by atoms with Gasteiger partial charge in [-0.15, -0.1) is 0 Å². The van der Waals surface area contributed by atoms with E-state index in [0.29, 0.717) is 22.2 Å². The van der Waals surface area contributed by atoms with Gasteiger partial charge in [0.2, 0.25) is 5.91 Å². The van der Waals surface area contributed by atoms with Gasteiger partial charge in [-0.25, -0.2) is 0 Å². The largest absolute Gasteiger partial charge is 0.355 e. The highest BCUT2D eigenvalue weighted by molar-refractivity contribution is 6.35. The van der Waals surface area contributed by atoms with Crippen LogP contribution in [0.5, 0.6) is 0 Å². The third-order valence-electron chi connectivity index (χ3n) is 3.65. The molecule has 2 rings (SSSR count). The van der Waals surface area contributed by atoms with E-state index in [1.807, 2.05) is 12.1 Å². The van der Waals surface area contributed by atoms with Crippen LogP contribution >= 0.6 is 23.2 Å². The van der Waals surface area contributed by atoms with Crippen LogP contribution in [-0.2, 0) is 17.8 Å². The number of nitrogens with zero attached hydrogens (tertiary/aromatic N) is 1. The SMILES string of the molecule is CNC(=O)c1ccc(CN(C)C(=O)Cc2ccc(Cl)cc2Cl)cc1. The zero-order valence-electron chi connectivity index (χ0n) is 13.5. The van der Waals surface area contributed by atoms with E-state index in [4.69, 9.17) is 23.2 Å². The molecule has 2 aromatic carbocycles. The van der Waals surface area contributed by atoms with Gasteiger partial charge in [-0.2, -0.15) is 0 Å². The maximum atomic E-state index is 12.3. The smallest absolute Gasteiger partial charge is 0.251 e. The lowest BCUT2D eigenvalue weighted by Crippen LogP contribution is -2.27. The topological polar surface area (TPSA) is 49.4 Å². The summed E-state index contributed by atoms with van der Waals surface area (Å²) in [6.45, 7) is 0.456. The van der Waals surface area contributed by atoms with Gasteiger partial charge in [0.25, 0.3) is 5.91 Å². The minimum atomic E-state index is -0.136. The Morgan fingerprint density at radius 1 is 1.08 bits per heavy atom. The molecule has 0 aromatic heterocycles. The van der Waals surface area contributed by atoms with Crippen LogP contribution in [0.15, 0.2) is 42.5 Å². The predicted octanol–water partition coefficient (Wildman–Crippen LogP) is 3.55. The number of nitrogens with one attached hydrogen (secondary N) is 1. The summed E-state index contributed by atoms with van der Waals surface area (Å²) in [5, 5.41) is 3.60. The predicted molar refractivity (Wildman–Crippen MR) is 96.5 cm³/mol. The summed E-state index contributed by atoms with van der Waals surface area (Å²) >= 11 is 12.0. The van der Waals surface area contributed by atoms with Gasteiger partial charge in [-0.3, -0.25) is 9.59 Å². The normalized spacial score (nSPS) is 10.3. The van der Waals surface area contributed by atoms with E-state index < -0.39 is 0 Å². The Morgan fingerprint density at radius 3 is 2.33 bits per heavy atom. The van der Waals surface area contributed by atoms with Crippen molar-refractivity contribution in [1.29, 1.82) is 0 Å². The summed E-state index contributed by atoms with van der Waals surface area (Å²) in [6.07, 6.45) is 0.211. The Labute approximate surface area is 151 Å². The first-order chi connectivity index (χ1) is 11.4. The average Bonchev–Trinajstić information content (AvgIpc) is 2.57. The van der Waals surface area contributed by atoms with Crippen LogP contribution in [0.2, 0.25) is 10.0 Å². The van der Waals surface area contributed by atoms with Crippen molar-refractivity contribution in [1.82, 2.24) is 10.2 Å². The molecular formula is C18H18Cl2N2O2. The fourth-order valence-corrected chi connectivity index (χ4v) is 2.71. The van der Waals surface area contributed by atoms with Crippen molar-refractivity contribution in [3.8, 4) is 0 Å². The second-order valence-electron chi connectivity index (χ2n) is 5.44. The highest BCUT2D eigenvalue weighted by Crippen LogP contribution is 2.22. The molecule has 6 heteroatoms. The van der Waals surface area contributed by atoms with E-state index in [0.717, 1.165) is 11.1 Å². The van der Waals surface area contributed by atoms with Gasteiger partial charge in [0.15, 0.2) is 0 Å². The van der Waals surface area contributed by atoms with Crippen LogP contribution < -0.4 is 5.32 Å². The molecule has 1 N–H and O–H groups in total. The molecule has 0 spiro atoms. The van der Waals surface area contributed by atoms with Crippen LogP contribution in [0.4, 0.5) is 0 Å². The van der Waals surface area contributed by atoms with Crippen molar-refractivity contribution in [2.24, 2.45) is 0 Å². The highest BCUT2D eigenvalue weighted by atomic mass is 35.5. The van der Waals surface area contributed by atoms with E-state index in [9.17, 15) is 9.59 Å². The molecule has 4 nitrogen and oxygen atoms in total. The minimum absolute atomic E-state index is 0.0467. The summed E-state index contributed by atoms with van der Waals surface area (Å²) in [4.78, 5) is 25.5. The van der Waals surface area contributed by atoms with E-state index in [1.165, 1.54) is 0 Å². The van der Waals surface area contributed by atoms with Gasteiger partial charge in [0.05, 0.1) is 6.42 Å². The number of benzene rings is 2. The van der Waals surface area contributed by atoms with Gasteiger partial charge < -0.3 is 10.2 Å². The van der Waals surface area contributed by atoms with Crippen LogP contribution in [-0.4, -0.2) is 30.8 Å². The molecule has 0 saturated carbocycles. The van der Waals surface area contributed by atoms with Crippen molar-refractivity contribution in [3.05, 3.63) is 69.2 Å². The number of carbonyl (C=O) groups excluding carboxylic acids is 2. The van der Waals surface area contributed by atoms with Crippen molar-refractivity contribution in [3.63, 3.8) is 0 Å². The molecule has 2 amide bonds. The third-order valence-corrected chi connectivity index (χ3v) is 4.23. The molecule has 0 aliphatic heterocycles. The number of amides is 2. The van der Waals surface area contributed by atoms with Crippen LogP contribution in [0.1, 0.15) is 21.5 Å². The van der Waals surface area contributed by atoms with Crippen LogP contribution in [0.3, 0.4) is 0 Å². The van der Waals surface area contributed by atoms with E-state index >= 15 is 0 Å².